The number of carbonyl (C=O) groups is 1. The highest BCUT2D eigenvalue weighted by Crippen LogP contribution is 2.36. The monoisotopic (exact) mass is 405 g/mol. The molecule has 1 saturated heterocycles. The fourth-order valence-corrected chi connectivity index (χ4v) is 3.84. The van der Waals surface area contributed by atoms with Gasteiger partial charge in [-0.2, -0.15) is 0 Å². The van der Waals surface area contributed by atoms with Gasteiger partial charge in [0.05, 0.1) is 17.0 Å². The van der Waals surface area contributed by atoms with E-state index >= 15 is 0 Å². The predicted octanol–water partition coefficient (Wildman–Crippen LogP) is 4.25. The van der Waals surface area contributed by atoms with Crippen molar-refractivity contribution in [2.75, 3.05) is 13.1 Å². The van der Waals surface area contributed by atoms with Gasteiger partial charge in [-0.25, -0.2) is 9.97 Å². The lowest BCUT2D eigenvalue weighted by Gasteiger charge is -2.35. The van der Waals surface area contributed by atoms with Crippen LogP contribution in [0.4, 0.5) is 0 Å². The van der Waals surface area contributed by atoms with Crippen molar-refractivity contribution in [3.8, 4) is 22.8 Å². The number of piperidine rings is 1. The average Bonchev–Trinajstić information content (AvgIpc) is 3.19. The lowest BCUT2D eigenvalue weighted by atomic mass is 9.88. The van der Waals surface area contributed by atoms with E-state index in [1.54, 1.807) is 12.4 Å². The second-order valence-corrected chi connectivity index (χ2v) is 8.86. The minimum Gasteiger partial charge on any atom is -0.356 e. The molecule has 3 aromatic rings. The Morgan fingerprint density at radius 2 is 1.93 bits per heavy atom. The van der Waals surface area contributed by atoms with Gasteiger partial charge in [-0.1, -0.05) is 32.0 Å². The van der Waals surface area contributed by atoms with Crippen molar-refractivity contribution in [3.63, 3.8) is 0 Å². The second kappa shape index (κ2) is 7.97. The smallest absolute Gasteiger partial charge is 0.227 e. The van der Waals surface area contributed by atoms with Gasteiger partial charge in [0, 0.05) is 42.9 Å². The Labute approximate surface area is 176 Å². The van der Waals surface area contributed by atoms with Crippen LogP contribution < -0.4 is 0 Å². The Hall–Kier alpha value is -3.09. The third-order valence-corrected chi connectivity index (χ3v) is 5.42. The van der Waals surface area contributed by atoms with E-state index in [1.165, 1.54) is 0 Å². The summed E-state index contributed by atoms with van der Waals surface area (Å²) in [5, 5.41) is 4.03. The summed E-state index contributed by atoms with van der Waals surface area (Å²) >= 11 is 0. The zero-order valence-electron chi connectivity index (χ0n) is 17.9. The summed E-state index contributed by atoms with van der Waals surface area (Å²) in [6.07, 6.45) is 5.24. The number of nitrogens with zero attached hydrogens (tertiary/aromatic N) is 5. The molecule has 0 atom stereocenters. The average molecular weight is 406 g/mol. The van der Waals surface area contributed by atoms with E-state index in [-0.39, 0.29) is 17.2 Å². The second-order valence-electron chi connectivity index (χ2n) is 8.86. The van der Waals surface area contributed by atoms with E-state index < -0.39 is 0 Å². The molecule has 1 aliphatic rings. The van der Waals surface area contributed by atoms with Crippen molar-refractivity contribution in [3.05, 3.63) is 48.0 Å². The van der Waals surface area contributed by atoms with Crippen molar-refractivity contribution in [2.24, 2.45) is 5.41 Å². The summed E-state index contributed by atoms with van der Waals surface area (Å²) < 4.78 is 5.52. The minimum atomic E-state index is -0.365. The summed E-state index contributed by atoms with van der Waals surface area (Å²) in [6.45, 7) is 9.24. The Morgan fingerprint density at radius 3 is 2.53 bits per heavy atom. The van der Waals surface area contributed by atoms with Gasteiger partial charge in [0.25, 0.3) is 0 Å². The van der Waals surface area contributed by atoms with Crippen LogP contribution in [0.2, 0.25) is 0 Å². The molecule has 0 N–H and O–H groups in total. The normalized spacial score (nSPS) is 15.4. The predicted molar refractivity (Wildman–Crippen MR) is 114 cm³/mol. The fraction of sp³-hybridized carbons (Fsp3) is 0.435. The van der Waals surface area contributed by atoms with Gasteiger partial charge in [0.1, 0.15) is 5.69 Å². The highest BCUT2D eigenvalue weighted by Gasteiger charge is 2.32. The molecule has 4 rings (SSSR count). The van der Waals surface area contributed by atoms with Crippen LogP contribution in [-0.2, 0) is 4.79 Å². The third kappa shape index (κ3) is 4.10. The Bertz CT molecular complexity index is 1030. The molecular weight excluding hydrogens is 378 g/mol. The van der Waals surface area contributed by atoms with Gasteiger partial charge < -0.3 is 9.42 Å². The highest BCUT2D eigenvalue weighted by atomic mass is 16.5. The van der Waals surface area contributed by atoms with Crippen LogP contribution in [-0.4, -0.2) is 44.0 Å². The lowest BCUT2D eigenvalue weighted by molar-refractivity contribution is -0.140. The molecule has 1 aliphatic heterocycles. The molecular formula is C23H27N5O2. The molecule has 0 radical (unpaired) electrons. The number of pyridine rings is 1. The largest absolute Gasteiger partial charge is 0.356 e. The number of hydrogen-bond acceptors (Lipinski definition) is 6. The number of carbonyl (C=O) groups excluding carboxylic acids is 1. The van der Waals surface area contributed by atoms with Crippen molar-refractivity contribution in [1.29, 1.82) is 0 Å². The molecule has 156 valence electrons. The summed E-state index contributed by atoms with van der Waals surface area (Å²) in [5.74, 6) is 1.67. The first-order chi connectivity index (χ1) is 14.3. The molecule has 30 heavy (non-hydrogen) atoms. The van der Waals surface area contributed by atoms with Gasteiger partial charge in [-0.3, -0.25) is 9.78 Å². The maximum atomic E-state index is 12.7. The molecule has 0 aromatic carbocycles. The molecule has 0 aliphatic carbocycles. The van der Waals surface area contributed by atoms with E-state index in [0.29, 0.717) is 11.6 Å². The molecule has 3 aromatic heterocycles. The van der Waals surface area contributed by atoms with Crippen LogP contribution in [0.1, 0.15) is 50.9 Å². The molecule has 7 heteroatoms. The van der Waals surface area contributed by atoms with Gasteiger partial charge >= 0.3 is 0 Å². The van der Waals surface area contributed by atoms with Crippen LogP contribution in [0.5, 0.6) is 0 Å². The van der Waals surface area contributed by atoms with E-state index in [2.05, 4.69) is 15.1 Å². The summed E-state index contributed by atoms with van der Waals surface area (Å²) in [6, 6.07) is 7.61. The van der Waals surface area contributed by atoms with Gasteiger partial charge in [0.15, 0.2) is 11.6 Å². The maximum Gasteiger partial charge on any atom is 0.227 e. The van der Waals surface area contributed by atoms with Crippen molar-refractivity contribution >= 4 is 5.91 Å². The van der Waals surface area contributed by atoms with Crippen LogP contribution >= 0.6 is 0 Å². The zero-order chi connectivity index (χ0) is 21.3. The summed E-state index contributed by atoms with van der Waals surface area (Å²) in [5.41, 5.74) is 2.98. The Morgan fingerprint density at radius 1 is 1.17 bits per heavy atom. The maximum absolute atomic E-state index is 12.7. The van der Waals surface area contributed by atoms with E-state index in [4.69, 9.17) is 9.51 Å². The highest BCUT2D eigenvalue weighted by molar-refractivity contribution is 5.81. The Balaban J connectivity index is 1.66. The topological polar surface area (TPSA) is 85.0 Å². The third-order valence-electron chi connectivity index (χ3n) is 5.42. The molecule has 0 bridgehead atoms. The van der Waals surface area contributed by atoms with Crippen molar-refractivity contribution in [2.45, 2.75) is 46.5 Å². The van der Waals surface area contributed by atoms with E-state index in [1.807, 2.05) is 56.9 Å². The molecule has 0 unspecified atom stereocenters. The first-order valence-electron chi connectivity index (χ1n) is 10.3. The molecule has 1 amide bonds. The first-order valence-corrected chi connectivity index (χ1v) is 10.3. The quantitative estimate of drug-likeness (QED) is 0.647. The Kier molecular flexibility index (Phi) is 5.37. The number of aromatic nitrogens is 4. The van der Waals surface area contributed by atoms with Crippen LogP contribution in [0.3, 0.4) is 0 Å². The molecule has 1 fully saturated rings. The van der Waals surface area contributed by atoms with Crippen LogP contribution in [0.25, 0.3) is 22.8 Å². The van der Waals surface area contributed by atoms with Crippen molar-refractivity contribution < 1.29 is 9.32 Å². The molecule has 4 heterocycles. The molecule has 0 spiro atoms. The minimum absolute atomic E-state index is 0.198. The zero-order valence-corrected chi connectivity index (χ0v) is 17.9. The number of rotatable bonds is 3. The van der Waals surface area contributed by atoms with Gasteiger partial charge in [-0.15, -0.1) is 0 Å². The number of hydrogen-bond donors (Lipinski definition) is 0. The van der Waals surface area contributed by atoms with E-state index in [9.17, 15) is 4.79 Å². The first kappa shape index (κ1) is 20.2. The summed E-state index contributed by atoms with van der Waals surface area (Å²) in [4.78, 5) is 28.5. The molecule has 0 saturated carbocycles. The van der Waals surface area contributed by atoms with Gasteiger partial charge in [-0.05, 0) is 31.9 Å². The van der Waals surface area contributed by atoms with E-state index in [0.717, 1.165) is 48.6 Å². The summed E-state index contributed by atoms with van der Waals surface area (Å²) in [7, 11) is 0. The number of amides is 1. The fourth-order valence-electron chi connectivity index (χ4n) is 3.84. The van der Waals surface area contributed by atoms with Gasteiger partial charge in [0.2, 0.25) is 5.91 Å². The molecule has 7 nitrogen and oxygen atoms in total. The van der Waals surface area contributed by atoms with Crippen LogP contribution in [0.15, 0.2) is 41.2 Å². The lowest BCUT2D eigenvalue weighted by Crippen LogP contribution is -2.43. The van der Waals surface area contributed by atoms with Crippen molar-refractivity contribution in [1.82, 2.24) is 25.0 Å². The van der Waals surface area contributed by atoms with Crippen LogP contribution in [0, 0.1) is 12.3 Å². The standard InChI is InChI=1S/C23H27N5O2/c1-15-13-19(30-27-15)17-14-25-21(18-7-5-6-10-24-18)26-20(17)16-8-11-28(12-9-16)22(29)23(2,3)4/h5-7,10,13-14,16H,8-9,11-12H2,1-4H3. The number of aryl methyl sites for hydroxylation is 1. The number of likely N-dealkylation sites (tertiary alicyclic amines) is 1. The SMILES string of the molecule is Cc1cc(-c2cnc(-c3ccccn3)nc2C2CCN(C(=O)C(C)(C)C)CC2)on1.